The first-order chi connectivity index (χ1) is 17.0. The molecule has 4 heterocycles. The maximum atomic E-state index is 14.1. The number of rotatable bonds is 8. The number of thiazole rings is 1. The highest BCUT2D eigenvalue weighted by Crippen LogP contribution is 2.42. The second-order valence-electron chi connectivity index (χ2n) is 8.70. The van der Waals surface area contributed by atoms with Gasteiger partial charge in [0.1, 0.15) is 17.6 Å². The molecular weight excluding hydrogens is 507 g/mol. The molecule has 196 valence electrons. The molecule has 2 aliphatic rings. The van der Waals surface area contributed by atoms with Gasteiger partial charge in [-0.3, -0.25) is 4.79 Å². The Labute approximate surface area is 208 Å². The van der Waals surface area contributed by atoms with E-state index in [2.05, 4.69) is 15.3 Å². The normalized spacial score (nSPS) is 20.2. The van der Waals surface area contributed by atoms with Crippen molar-refractivity contribution in [3.8, 4) is 10.4 Å². The summed E-state index contributed by atoms with van der Waals surface area (Å²) in [5.74, 6) is -1.64. The highest BCUT2D eigenvalue weighted by molar-refractivity contribution is 7.17. The molecule has 4 rings (SSSR count). The Hall–Kier alpha value is -2.83. The molecule has 2 aromatic rings. The standard InChI is InChI=1S/C23H25F5N4O3S/c1-3-15(23(26,27)28)30-16-9-13(19(24)25)14(10-29-16)18-17(31-20(36-18)22(34)35-4-2)21(33)32-11-5-6-12(32)8-7-11/h9-12,15,19H,3-8H2,1-2H3,(H,29,30)/t11-,12-,15-/m0/s1. The van der Waals surface area contributed by atoms with Crippen LogP contribution in [-0.4, -0.2) is 57.7 Å². The minimum Gasteiger partial charge on any atom is -0.461 e. The maximum Gasteiger partial charge on any atom is 0.408 e. The molecule has 7 nitrogen and oxygen atoms in total. The van der Waals surface area contributed by atoms with Crippen molar-refractivity contribution in [2.24, 2.45) is 0 Å². The summed E-state index contributed by atoms with van der Waals surface area (Å²) in [7, 11) is 0. The summed E-state index contributed by atoms with van der Waals surface area (Å²) >= 11 is 0.724. The first kappa shape index (κ1) is 26.2. The highest BCUT2D eigenvalue weighted by Gasteiger charge is 2.44. The van der Waals surface area contributed by atoms with Gasteiger partial charge in [-0.05, 0) is 45.1 Å². The summed E-state index contributed by atoms with van der Waals surface area (Å²) in [6, 6.07) is -1.08. The number of pyridine rings is 1. The molecule has 0 aliphatic carbocycles. The van der Waals surface area contributed by atoms with E-state index in [1.807, 2.05) is 0 Å². The summed E-state index contributed by atoms with van der Waals surface area (Å²) in [4.78, 5) is 35.7. The number of anilines is 1. The Morgan fingerprint density at radius 2 is 1.83 bits per heavy atom. The van der Waals surface area contributed by atoms with Crippen molar-refractivity contribution in [1.29, 1.82) is 0 Å². The van der Waals surface area contributed by atoms with Gasteiger partial charge in [0, 0.05) is 29.4 Å². The Kier molecular flexibility index (Phi) is 7.48. The second-order valence-corrected chi connectivity index (χ2v) is 9.70. The molecule has 2 bridgehead atoms. The number of nitrogens with one attached hydrogen (secondary N) is 1. The smallest absolute Gasteiger partial charge is 0.408 e. The number of carbonyl (C=O) groups excluding carboxylic acids is 2. The van der Waals surface area contributed by atoms with E-state index >= 15 is 0 Å². The van der Waals surface area contributed by atoms with Crippen LogP contribution >= 0.6 is 11.3 Å². The van der Waals surface area contributed by atoms with E-state index in [-0.39, 0.29) is 52.1 Å². The predicted octanol–water partition coefficient (Wildman–Crippen LogP) is 5.84. The molecule has 0 saturated carbocycles. The number of aromatic nitrogens is 2. The average molecular weight is 533 g/mol. The van der Waals surface area contributed by atoms with Crippen LogP contribution < -0.4 is 5.32 Å². The molecule has 13 heteroatoms. The van der Waals surface area contributed by atoms with Crippen LogP contribution in [0.4, 0.5) is 27.8 Å². The number of hydrogen-bond acceptors (Lipinski definition) is 7. The number of amides is 1. The number of esters is 1. The van der Waals surface area contributed by atoms with Crippen molar-refractivity contribution < 1.29 is 36.3 Å². The first-order valence-corrected chi connectivity index (χ1v) is 12.5. The van der Waals surface area contributed by atoms with Gasteiger partial charge in [-0.1, -0.05) is 6.92 Å². The molecule has 1 N–H and O–H groups in total. The predicted molar refractivity (Wildman–Crippen MR) is 122 cm³/mol. The van der Waals surface area contributed by atoms with Crippen molar-refractivity contribution in [3.63, 3.8) is 0 Å². The van der Waals surface area contributed by atoms with Crippen LogP contribution in [0.15, 0.2) is 12.3 Å². The molecular formula is C23H25F5N4O3S. The lowest BCUT2D eigenvalue weighted by Crippen LogP contribution is -2.36. The van der Waals surface area contributed by atoms with E-state index < -0.39 is 36.1 Å². The fraction of sp³-hybridized carbons (Fsp3) is 0.565. The number of carbonyl (C=O) groups is 2. The molecule has 36 heavy (non-hydrogen) atoms. The molecule has 0 unspecified atom stereocenters. The molecule has 0 spiro atoms. The minimum atomic E-state index is -4.60. The number of nitrogens with zero attached hydrogens (tertiary/aromatic N) is 3. The van der Waals surface area contributed by atoms with Crippen LogP contribution in [0.5, 0.6) is 0 Å². The van der Waals surface area contributed by atoms with Crippen molar-refractivity contribution in [2.75, 3.05) is 11.9 Å². The van der Waals surface area contributed by atoms with Crippen molar-refractivity contribution in [3.05, 3.63) is 28.5 Å². The van der Waals surface area contributed by atoms with Gasteiger partial charge in [0.2, 0.25) is 5.01 Å². The van der Waals surface area contributed by atoms with E-state index in [1.165, 1.54) is 6.92 Å². The van der Waals surface area contributed by atoms with Crippen LogP contribution in [0.1, 0.15) is 78.2 Å². The molecule has 0 aromatic carbocycles. The topological polar surface area (TPSA) is 84.4 Å². The van der Waals surface area contributed by atoms with Crippen LogP contribution in [-0.2, 0) is 4.74 Å². The van der Waals surface area contributed by atoms with Gasteiger partial charge < -0.3 is 15.0 Å². The zero-order chi connectivity index (χ0) is 26.2. The molecule has 0 radical (unpaired) electrons. The third-order valence-corrected chi connectivity index (χ3v) is 7.58. The lowest BCUT2D eigenvalue weighted by Gasteiger charge is -2.22. The summed E-state index contributed by atoms with van der Waals surface area (Å²) in [5.41, 5.74) is -0.950. The second kappa shape index (κ2) is 10.3. The molecule has 2 aromatic heterocycles. The number of alkyl halides is 5. The fourth-order valence-corrected chi connectivity index (χ4v) is 5.79. The van der Waals surface area contributed by atoms with Crippen LogP contribution in [0.25, 0.3) is 10.4 Å². The van der Waals surface area contributed by atoms with E-state index in [9.17, 15) is 31.5 Å². The van der Waals surface area contributed by atoms with Gasteiger partial charge in [0.25, 0.3) is 12.3 Å². The Balaban J connectivity index is 1.77. The van der Waals surface area contributed by atoms with E-state index in [0.717, 1.165) is 49.3 Å². The van der Waals surface area contributed by atoms with Crippen LogP contribution in [0, 0.1) is 0 Å². The van der Waals surface area contributed by atoms with Crippen molar-refractivity contribution >= 4 is 29.0 Å². The average Bonchev–Trinajstić information content (AvgIpc) is 3.56. The summed E-state index contributed by atoms with van der Waals surface area (Å²) in [5, 5.41) is 1.98. The molecule has 2 aliphatic heterocycles. The van der Waals surface area contributed by atoms with E-state index in [0.29, 0.717) is 0 Å². The number of hydrogen-bond donors (Lipinski definition) is 1. The monoisotopic (exact) mass is 532 g/mol. The number of fused-ring (bicyclic) bond motifs is 2. The van der Waals surface area contributed by atoms with Gasteiger partial charge >= 0.3 is 12.1 Å². The molecule has 1 atom stereocenters. The van der Waals surface area contributed by atoms with Crippen LogP contribution in [0.2, 0.25) is 0 Å². The summed E-state index contributed by atoms with van der Waals surface area (Å²) in [6.07, 6.45) is -3.68. The Morgan fingerprint density at radius 3 is 2.36 bits per heavy atom. The van der Waals surface area contributed by atoms with Gasteiger partial charge in [-0.25, -0.2) is 23.5 Å². The summed E-state index contributed by atoms with van der Waals surface area (Å²) < 4.78 is 72.8. The first-order valence-electron chi connectivity index (χ1n) is 11.7. The third-order valence-electron chi connectivity index (χ3n) is 6.51. The van der Waals surface area contributed by atoms with E-state index in [4.69, 9.17) is 4.74 Å². The quantitative estimate of drug-likeness (QED) is 0.340. The highest BCUT2D eigenvalue weighted by atomic mass is 32.1. The molecule has 2 fully saturated rings. The van der Waals surface area contributed by atoms with Crippen LogP contribution in [0.3, 0.4) is 0 Å². The Bertz CT molecular complexity index is 1120. The zero-order valence-electron chi connectivity index (χ0n) is 19.6. The minimum absolute atomic E-state index is 0.00608. The SMILES string of the molecule is CCOC(=O)c1nc(C(=O)N2[C@H]3CC[C@H]2CC3)c(-c2cnc(N[C@@H](CC)C(F)(F)F)cc2C(F)F)s1. The van der Waals surface area contributed by atoms with Crippen molar-refractivity contribution in [1.82, 2.24) is 14.9 Å². The Morgan fingerprint density at radius 1 is 1.19 bits per heavy atom. The lowest BCUT2D eigenvalue weighted by atomic mass is 10.0. The number of ether oxygens (including phenoxy) is 1. The van der Waals surface area contributed by atoms with Gasteiger partial charge in [-0.15, -0.1) is 11.3 Å². The van der Waals surface area contributed by atoms with Gasteiger partial charge in [0.15, 0.2) is 0 Å². The lowest BCUT2D eigenvalue weighted by molar-refractivity contribution is -0.142. The largest absolute Gasteiger partial charge is 0.461 e. The molecule has 1 amide bonds. The van der Waals surface area contributed by atoms with E-state index in [1.54, 1.807) is 11.8 Å². The third kappa shape index (κ3) is 5.02. The number of halogens is 5. The maximum absolute atomic E-state index is 14.1. The van der Waals surface area contributed by atoms with Crippen molar-refractivity contribution in [2.45, 2.75) is 76.7 Å². The summed E-state index contributed by atoms with van der Waals surface area (Å²) in [6.45, 7) is 2.95. The fourth-order valence-electron chi connectivity index (χ4n) is 4.81. The van der Waals surface area contributed by atoms with Gasteiger partial charge in [0.05, 0.1) is 11.5 Å². The molecule has 2 saturated heterocycles. The van der Waals surface area contributed by atoms with Gasteiger partial charge in [-0.2, -0.15) is 13.2 Å². The zero-order valence-corrected chi connectivity index (χ0v) is 20.4.